The molecule has 3 nitrogen and oxygen atoms in total. The van der Waals surface area contributed by atoms with Gasteiger partial charge in [0.1, 0.15) is 6.10 Å². The SMILES string of the molecule is CCNC(C)CC(=O)OC1CCC(C)C(C)C1. The van der Waals surface area contributed by atoms with Crippen molar-refractivity contribution in [1.29, 1.82) is 0 Å². The van der Waals surface area contributed by atoms with Gasteiger partial charge in [-0.25, -0.2) is 0 Å². The first-order valence-corrected chi connectivity index (χ1v) is 6.95. The maximum atomic E-state index is 11.7. The third kappa shape index (κ3) is 5.07. The van der Waals surface area contributed by atoms with Crippen LogP contribution in [-0.2, 0) is 9.53 Å². The van der Waals surface area contributed by atoms with Crippen molar-refractivity contribution in [1.82, 2.24) is 5.32 Å². The Hall–Kier alpha value is -0.570. The van der Waals surface area contributed by atoms with Gasteiger partial charge in [0, 0.05) is 6.04 Å². The summed E-state index contributed by atoms with van der Waals surface area (Å²) in [6.45, 7) is 9.51. The van der Waals surface area contributed by atoms with Gasteiger partial charge in [0.15, 0.2) is 0 Å². The quantitative estimate of drug-likeness (QED) is 0.752. The van der Waals surface area contributed by atoms with Gasteiger partial charge in [-0.15, -0.1) is 0 Å². The fourth-order valence-electron chi connectivity index (χ4n) is 2.51. The summed E-state index contributed by atoms with van der Waals surface area (Å²) in [6.07, 6.45) is 3.88. The normalized spacial score (nSPS) is 30.9. The monoisotopic (exact) mass is 241 g/mol. The average molecular weight is 241 g/mol. The zero-order valence-corrected chi connectivity index (χ0v) is 11.7. The molecular weight excluding hydrogens is 214 g/mol. The van der Waals surface area contributed by atoms with Gasteiger partial charge >= 0.3 is 5.97 Å². The topological polar surface area (TPSA) is 38.3 Å². The van der Waals surface area contributed by atoms with E-state index in [1.54, 1.807) is 0 Å². The summed E-state index contributed by atoms with van der Waals surface area (Å²) >= 11 is 0. The molecule has 1 saturated carbocycles. The predicted molar refractivity (Wildman–Crippen MR) is 69.8 cm³/mol. The van der Waals surface area contributed by atoms with E-state index in [-0.39, 0.29) is 18.1 Å². The summed E-state index contributed by atoms with van der Waals surface area (Å²) in [5.74, 6) is 1.39. The van der Waals surface area contributed by atoms with E-state index in [0.717, 1.165) is 25.3 Å². The van der Waals surface area contributed by atoms with E-state index in [4.69, 9.17) is 4.74 Å². The Morgan fingerprint density at radius 3 is 2.65 bits per heavy atom. The second kappa shape index (κ2) is 7.00. The second-order valence-corrected chi connectivity index (χ2v) is 5.54. The summed E-state index contributed by atoms with van der Waals surface area (Å²) in [5.41, 5.74) is 0. The lowest BCUT2D eigenvalue weighted by molar-refractivity contribution is -0.152. The molecule has 4 atom stereocenters. The molecule has 1 fully saturated rings. The average Bonchev–Trinajstić information content (AvgIpc) is 2.23. The number of carbonyl (C=O) groups is 1. The van der Waals surface area contributed by atoms with E-state index in [1.165, 1.54) is 6.42 Å². The molecule has 0 spiro atoms. The highest BCUT2D eigenvalue weighted by Gasteiger charge is 2.27. The molecule has 17 heavy (non-hydrogen) atoms. The third-order valence-corrected chi connectivity index (χ3v) is 3.87. The molecule has 0 aromatic rings. The van der Waals surface area contributed by atoms with Crippen LogP contribution in [-0.4, -0.2) is 24.7 Å². The second-order valence-electron chi connectivity index (χ2n) is 5.54. The zero-order valence-electron chi connectivity index (χ0n) is 11.7. The van der Waals surface area contributed by atoms with Crippen LogP contribution < -0.4 is 5.32 Å². The molecule has 0 saturated heterocycles. The molecule has 1 rings (SSSR count). The highest BCUT2D eigenvalue weighted by molar-refractivity contribution is 5.70. The number of rotatable bonds is 5. The molecule has 0 bridgehead atoms. The minimum absolute atomic E-state index is 0.0507. The van der Waals surface area contributed by atoms with E-state index >= 15 is 0 Å². The Morgan fingerprint density at radius 2 is 2.06 bits per heavy atom. The maximum Gasteiger partial charge on any atom is 0.307 e. The molecule has 0 heterocycles. The number of ether oxygens (including phenoxy) is 1. The van der Waals surface area contributed by atoms with Crippen LogP contribution in [0.5, 0.6) is 0 Å². The minimum atomic E-state index is -0.0507. The largest absolute Gasteiger partial charge is 0.462 e. The molecule has 0 aliphatic heterocycles. The fraction of sp³-hybridized carbons (Fsp3) is 0.929. The van der Waals surface area contributed by atoms with Gasteiger partial charge in [-0.05, 0) is 44.6 Å². The van der Waals surface area contributed by atoms with Crippen molar-refractivity contribution in [2.75, 3.05) is 6.54 Å². The number of esters is 1. The van der Waals surface area contributed by atoms with Crippen molar-refractivity contribution < 1.29 is 9.53 Å². The van der Waals surface area contributed by atoms with Crippen molar-refractivity contribution in [3.8, 4) is 0 Å². The molecule has 1 aliphatic carbocycles. The van der Waals surface area contributed by atoms with E-state index in [9.17, 15) is 4.79 Å². The Morgan fingerprint density at radius 1 is 1.35 bits per heavy atom. The van der Waals surface area contributed by atoms with Crippen molar-refractivity contribution in [3.05, 3.63) is 0 Å². The van der Waals surface area contributed by atoms with Crippen LogP contribution >= 0.6 is 0 Å². The van der Waals surface area contributed by atoms with Crippen LogP contribution in [0.1, 0.15) is 53.4 Å². The Labute approximate surface area is 105 Å². The number of nitrogens with one attached hydrogen (secondary N) is 1. The van der Waals surface area contributed by atoms with Crippen LogP contribution in [0.3, 0.4) is 0 Å². The molecule has 0 amide bonds. The first-order valence-electron chi connectivity index (χ1n) is 6.95. The molecule has 100 valence electrons. The molecule has 4 unspecified atom stereocenters. The molecule has 0 aromatic heterocycles. The van der Waals surface area contributed by atoms with Crippen molar-refractivity contribution in [2.45, 2.75) is 65.5 Å². The van der Waals surface area contributed by atoms with E-state index in [1.807, 2.05) is 13.8 Å². The van der Waals surface area contributed by atoms with Gasteiger partial charge in [0.05, 0.1) is 6.42 Å². The highest BCUT2D eigenvalue weighted by atomic mass is 16.5. The summed E-state index contributed by atoms with van der Waals surface area (Å²) in [6, 6.07) is 0.215. The Balaban J connectivity index is 2.27. The lowest BCUT2D eigenvalue weighted by Crippen LogP contribution is -2.32. The van der Waals surface area contributed by atoms with Crippen molar-refractivity contribution >= 4 is 5.97 Å². The number of hydrogen-bond donors (Lipinski definition) is 1. The summed E-state index contributed by atoms with van der Waals surface area (Å²) < 4.78 is 5.55. The van der Waals surface area contributed by atoms with Crippen LogP contribution in [0.2, 0.25) is 0 Å². The van der Waals surface area contributed by atoms with Crippen LogP contribution in [0, 0.1) is 11.8 Å². The van der Waals surface area contributed by atoms with Gasteiger partial charge in [0.25, 0.3) is 0 Å². The highest BCUT2D eigenvalue weighted by Crippen LogP contribution is 2.31. The minimum Gasteiger partial charge on any atom is -0.462 e. The maximum absolute atomic E-state index is 11.7. The summed E-state index contributed by atoms with van der Waals surface area (Å²) in [5, 5.41) is 3.23. The number of hydrogen-bond acceptors (Lipinski definition) is 3. The molecular formula is C14H27NO2. The molecule has 0 radical (unpaired) electrons. The van der Waals surface area contributed by atoms with Gasteiger partial charge in [-0.1, -0.05) is 20.8 Å². The molecule has 1 aliphatic rings. The Bertz CT molecular complexity index is 242. The lowest BCUT2D eigenvalue weighted by Gasteiger charge is -2.31. The summed E-state index contributed by atoms with van der Waals surface area (Å²) in [7, 11) is 0. The third-order valence-electron chi connectivity index (χ3n) is 3.87. The zero-order chi connectivity index (χ0) is 12.8. The van der Waals surface area contributed by atoms with E-state index in [0.29, 0.717) is 12.3 Å². The van der Waals surface area contributed by atoms with Crippen LogP contribution in [0.4, 0.5) is 0 Å². The van der Waals surface area contributed by atoms with Gasteiger partial charge in [-0.2, -0.15) is 0 Å². The van der Waals surface area contributed by atoms with E-state index in [2.05, 4.69) is 19.2 Å². The first-order chi connectivity index (χ1) is 8.02. The van der Waals surface area contributed by atoms with Gasteiger partial charge < -0.3 is 10.1 Å². The smallest absolute Gasteiger partial charge is 0.307 e. The standard InChI is InChI=1S/C14H27NO2/c1-5-15-12(4)9-14(16)17-13-7-6-10(2)11(3)8-13/h10-13,15H,5-9H2,1-4H3. The van der Waals surface area contributed by atoms with Crippen molar-refractivity contribution in [2.24, 2.45) is 11.8 Å². The van der Waals surface area contributed by atoms with Crippen LogP contribution in [0.15, 0.2) is 0 Å². The lowest BCUT2D eigenvalue weighted by atomic mass is 9.80. The molecule has 3 heteroatoms. The molecule has 0 aromatic carbocycles. The van der Waals surface area contributed by atoms with Crippen molar-refractivity contribution in [3.63, 3.8) is 0 Å². The fourth-order valence-corrected chi connectivity index (χ4v) is 2.51. The number of carbonyl (C=O) groups excluding carboxylic acids is 1. The summed E-state index contributed by atoms with van der Waals surface area (Å²) in [4.78, 5) is 11.7. The first kappa shape index (κ1) is 14.5. The van der Waals surface area contributed by atoms with Gasteiger partial charge in [0.2, 0.25) is 0 Å². The van der Waals surface area contributed by atoms with E-state index < -0.39 is 0 Å². The van der Waals surface area contributed by atoms with Gasteiger partial charge in [-0.3, -0.25) is 4.79 Å². The predicted octanol–water partition coefficient (Wildman–Crippen LogP) is 2.74. The Kier molecular flexibility index (Phi) is 5.96. The molecule has 1 N–H and O–H groups in total. The van der Waals surface area contributed by atoms with Crippen LogP contribution in [0.25, 0.3) is 0 Å².